The Labute approximate surface area is 96.7 Å². The fraction of sp³-hybridized carbons (Fsp3) is 1.00. The van der Waals surface area contributed by atoms with Crippen molar-refractivity contribution in [1.29, 1.82) is 0 Å². The smallest absolute Gasteiger partial charge is 0.111 e. The van der Waals surface area contributed by atoms with Crippen LogP contribution >= 0.6 is 0 Å². The van der Waals surface area contributed by atoms with E-state index in [4.69, 9.17) is 30.6 Å². The first kappa shape index (κ1) is 36.0. The van der Waals surface area contributed by atoms with Crippen molar-refractivity contribution in [1.82, 2.24) is 0 Å². The highest BCUT2D eigenvalue weighted by Crippen LogP contribution is 2.03. The second kappa shape index (κ2) is 17.9. The number of hydrogen-bond acceptors (Lipinski definition) is 6. The summed E-state index contributed by atoms with van der Waals surface area (Å²) in [5, 5.41) is 52.2. The molecule has 0 amide bonds. The summed E-state index contributed by atoms with van der Waals surface area (Å²) in [6.45, 7) is -1.45. The molecule has 0 bridgehead atoms. The second-order valence-electron chi connectivity index (χ2n) is 2.48. The lowest BCUT2D eigenvalue weighted by molar-refractivity contribution is -0.123. The molecular formula is C6H24O11. The van der Waals surface area contributed by atoms with Gasteiger partial charge in [-0.3, -0.25) is 0 Å². The minimum Gasteiger partial charge on any atom is -0.412 e. The predicted molar refractivity (Wildman–Crippen MR) is 56.3 cm³/mol. The summed E-state index contributed by atoms with van der Waals surface area (Å²) in [6.07, 6.45) is -6.39. The topological polar surface area (TPSA) is 279 Å². The molecular weight excluding hydrogens is 248 g/mol. The number of aliphatic hydroxyl groups is 6. The molecule has 0 spiro atoms. The summed E-state index contributed by atoms with van der Waals surface area (Å²) in [7, 11) is 0. The van der Waals surface area contributed by atoms with E-state index in [1.807, 2.05) is 0 Å². The van der Waals surface area contributed by atoms with Crippen molar-refractivity contribution >= 4 is 0 Å². The molecule has 0 aromatic rings. The van der Waals surface area contributed by atoms with Crippen molar-refractivity contribution in [3.8, 4) is 0 Å². The van der Waals surface area contributed by atoms with Crippen LogP contribution in [0.3, 0.4) is 0 Å². The minimum absolute atomic E-state index is 0. The zero-order valence-electron chi connectivity index (χ0n) is 8.91. The number of hydrogen-bond donors (Lipinski definition) is 6. The summed E-state index contributed by atoms with van der Waals surface area (Å²) in [5.74, 6) is 0. The first-order valence-electron chi connectivity index (χ1n) is 3.48. The molecule has 0 radical (unpaired) electrons. The molecule has 4 unspecified atom stereocenters. The van der Waals surface area contributed by atoms with Gasteiger partial charge in [-0.15, -0.1) is 0 Å². The van der Waals surface area contributed by atoms with Gasteiger partial charge in [-0.25, -0.2) is 0 Å². The highest BCUT2D eigenvalue weighted by Gasteiger charge is 2.29. The van der Waals surface area contributed by atoms with E-state index < -0.39 is 37.6 Å². The van der Waals surface area contributed by atoms with Gasteiger partial charge in [-0.2, -0.15) is 0 Å². The van der Waals surface area contributed by atoms with Gasteiger partial charge >= 0.3 is 0 Å². The lowest BCUT2D eigenvalue weighted by Crippen LogP contribution is -2.46. The Hall–Kier alpha value is -0.440. The Kier molecular flexibility index (Phi) is 37.9. The average molecular weight is 272 g/mol. The second-order valence-corrected chi connectivity index (χ2v) is 2.48. The quantitative estimate of drug-likeness (QED) is 0.282. The van der Waals surface area contributed by atoms with Crippen LogP contribution in [0.5, 0.6) is 0 Å². The molecule has 0 saturated heterocycles. The maximum absolute atomic E-state index is 8.96. The summed E-state index contributed by atoms with van der Waals surface area (Å²) in [4.78, 5) is 0. The molecule has 114 valence electrons. The lowest BCUT2D eigenvalue weighted by atomic mass is 10.0. The van der Waals surface area contributed by atoms with E-state index >= 15 is 0 Å². The number of rotatable bonds is 5. The molecule has 0 aliphatic heterocycles. The van der Waals surface area contributed by atoms with Crippen molar-refractivity contribution in [2.45, 2.75) is 24.4 Å². The first-order valence-corrected chi connectivity index (χ1v) is 3.48. The third-order valence-electron chi connectivity index (χ3n) is 1.51. The van der Waals surface area contributed by atoms with Gasteiger partial charge in [0.05, 0.1) is 13.2 Å². The molecule has 11 heteroatoms. The molecule has 0 aromatic heterocycles. The summed E-state index contributed by atoms with van der Waals surface area (Å²) in [5.41, 5.74) is 0. The molecule has 0 aromatic carbocycles. The Morgan fingerprint density at radius 3 is 0.824 bits per heavy atom. The van der Waals surface area contributed by atoms with Crippen LogP contribution in [0, 0.1) is 0 Å². The molecule has 0 rings (SSSR count). The highest BCUT2D eigenvalue weighted by atomic mass is 16.4. The fourth-order valence-electron chi connectivity index (χ4n) is 0.671. The van der Waals surface area contributed by atoms with Crippen LogP contribution < -0.4 is 0 Å². The van der Waals surface area contributed by atoms with Crippen molar-refractivity contribution in [2.75, 3.05) is 13.2 Å². The van der Waals surface area contributed by atoms with Crippen LogP contribution in [0.2, 0.25) is 0 Å². The van der Waals surface area contributed by atoms with Gasteiger partial charge in [-0.05, 0) is 0 Å². The third kappa shape index (κ3) is 11.8. The van der Waals surface area contributed by atoms with Crippen LogP contribution in [0.15, 0.2) is 0 Å². The Morgan fingerprint density at radius 2 is 0.706 bits per heavy atom. The third-order valence-corrected chi connectivity index (χ3v) is 1.51. The highest BCUT2D eigenvalue weighted by molar-refractivity contribution is 4.79. The predicted octanol–water partition coefficient (Wildman–Crippen LogP) is -7.71. The molecule has 17 heavy (non-hydrogen) atoms. The van der Waals surface area contributed by atoms with Crippen molar-refractivity contribution < 1.29 is 58.0 Å². The van der Waals surface area contributed by atoms with Crippen LogP contribution in [-0.2, 0) is 0 Å². The normalized spacial score (nSPS) is 15.2. The van der Waals surface area contributed by atoms with E-state index in [1.54, 1.807) is 0 Å². The molecule has 0 fully saturated rings. The minimum atomic E-state index is -1.67. The zero-order valence-corrected chi connectivity index (χ0v) is 8.91. The number of aliphatic hydroxyl groups excluding tert-OH is 6. The van der Waals surface area contributed by atoms with E-state index in [2.05, 4.69) is 0 Å². The average Bonchev–Trinajstić information content (AvgIpc) is 2.12. The van der Waals surface area contributed by atoms with Gasteiger partial charge in [0.15, 0.2) is 0 Å². The van der Waals surface area contributed by atoms with Gasteiger partial charge < -0.3 is 58.0 Å². The van der Waals surface area contributed by atoms with Crippen LogP contribution in [0.1, 0.15) is 0 Å². The summed E-state index contributed by atoms with van der Waals surface area (Å²) < 4.78 is 0. The summed E-state index contributed by atoms with van der Waals surface area (Å²) in [6, 6.07) is 0. The van der Waals surface area contributed by atoms with Crippen LogP contribution in [0.25, 0.3) is 0 Å². The standard InChI is InChI=1S/C6H14O6.5H2O/c7-1-3(9)5(11)6(12)4(10)2-8;;;;;/h3-12H,1-2H2;5*1H2. The Morgan fingerprint density at radius 1 is 0.529 bits per heavy atom. The van der Waals surface area contributed by atoms with Crippen LogP contribution in [-0.4, -0.2) is 95.6 Å². The first-order chi connectivity index (χ1) is 5.54. The lowest BCUT2D eigenvalue weighted by Gasteiger charge is -2.24. The van der Waals surface area contributed by atoms with E-state index in [1.165, 1.54) is 0 Å². The van der Waals surface area contributed by atoms with Gasteiger partial charge in [0, 0.05) is 0 Å². The van der Waals surface area contributed by atoms with E-state index in [9.17, 15) is 0 Å². The van der Waals surface area contributed by atoms with Gasteiger partial charge in [0.25, 0.3) is 0 Å². The Balaban J connectivity index is -0.0000000605. The van der Waals surface area contributed by atoms with E-state index in [0.29, 0.717) is 0 Å². The molecule has 11 nitrogen and oxygen atoms in total. The Bertz CT molecular complexity index is 109. The monoisotopic (exact) mass is 272 g/mol. The van der Waals surface area contributed by atoms with E-state index in [0.717, 1.165) is 0 Å². The fourth-order valence-corrected chi connectivity index (χ4v) is 0.671. The maximum Gasteiger partial charge on any atom is 0.111 e. The van der Waals surface area contributed by atoms with Crippen LogP contribution in [0.4, 0.5) is 0 Å². The SMILES string of the molecule is O.O.O.O.O.OCC(O)C(O)C(O)C(O)CO. The molecule has 0 heterocycles. The molecule has 16 N–H and O–H groups in total. The van der Waals surface area contributed by atoms with Gasteiger partial charge in [0.1, 0.15) is 24.4 Å². The van der Waals surface area contributed by atoms with E-state index in [-0.39, 0.29) is 27.4 Å². The van der Waals surface area contributed by atoms with Crippen molar-refractivity contribution in [2.24, 2.45) is 0 Å². The van der Waals surface area contributed by atoms with Crippen molar-refractivity contribution in [3.63, 3.8) is 0 Å². The molecule has 0 saturated carbocycles. The van der Waals surface area contributed by atoms with Crippen molar-refractivity contribution in [3.05, 3.63) is 0 Å². The van der Waals surface area contributed by atoms with Gasteiger partial charge in [-0.1, -0.05) is 0 Å². The largest absolute Gasteiger partial charge is 0.412 e. The summed E-state index contributed by atoms with van der Waals surface area (Å²) >= 11 is 0. The van der Waals surface area contributed by atoms with Gasteiger partial charge in [0.2, 0.25) is 0 Å². The maximum atomic E-state index is 8.96. The zero-order chi connectivity index (χ0) is 9.72. The molecule has 0 aliphatic rings. The molecule has 0 aliphatic carbocycles. The molecule has 4 atom stereocenters.